The number of halogens is 1. The number of carbonyl (C=O) groups is 3. The highest BCUT2D eigenvalue weighted by atomic mass is 32.2. The first-order valence-electron chi connectivity index (χ1n) is 15.1. The third-order valence-corrected chi connectivity index (χ3v) is 8.49. The molecule has 8 nitrogen and oxygen atoms in total. The van der Waals surface area contributed by atoms with E-state index in [1.165, 1.54) is 42.1 Å². The molecule has 0 aromatic heterocycles. The third kappa shape index (κ3) is 8.28. The zero-order valence-electron chi connectivity index (χ0n) is 25.5. The SMILES string of the molecule is O=C(Nc1ccc(SC(C(=O)Nc2ccc3c(c2)OCCO3)c2ccccc2)cc1)/C(=C/c1ccc(F)cc1)NC(=O)c1ccccc1. The molecule has 0 bridgehead atoms. The molecule has 0 saturated heterocycles. The van der Waals surface area contributed by atoms with Gasteiger partial charge in [0.1, 0.15) is 30.0 Å². The second-order valence-corrected chi connectivity index (χ2v) is 11.8. The number of hydrogen-bond donors (Lipinski definition) is 3. The van der Waals surface area contributed by atoms with E-state index in [-0.39, 0.29) is 11.6 Å². The Morgan fingerprint density at radius 2 is 1.35 bits per heavy atom. The van der Waals surface area contributed by atoms with Crippen molar-refractivity contribution in [2.45, 2.75) is 10.1 Å². The summed E-state index contributed by atoms with van der Waals surface area (Å²) >= 11 is 1.36. The van der Waals surface area contributed by atoms with Crippen molar-refractivity contribution in [3.8, 4) is 11.5 Å². The Morgan fingerprint density at radius 3 is 2.06 bits per heavy atom. The maximum atomic E-state index is 13.6. The maximum absolute atomic E-state index is 13.6. The lowest BCUT2D eigenvalue weighted by atomic mass is 10.1. The summed E-state index contributed by atoms with van der Waals surface area (Å²) in [5.41, 5.74) is 2.77. The van der Waals surface area contributed by atoms with Crippen LogP contribution < -0.4 is 25.4 Å². The van der Waals surface area contributed by atoms with Crippen LogP contribution in [0.4, 0.5) is 15.8 Å². The number of benzene rings is 5. The highest BCUT2D eigenvalue weighted by molar-refractivity contribution is 8.00. The van der Waals surface area contributed by atoms with Crippen molar-refractivity contribution in [1.29, 1.82) is 0 Å². The summed E-state index contributed by atoms with van der Waals surface area (Å²) in [4.78, 5) is 40.7. The summed E-state index contributed by atoms with van der Waals surface area (Å²) in [5.74, 6) is -0.449. The van der Waals surface area contributed by atoms with Gasteiger partial charge in [-0.25, -0.2) is 4.39 Å². The van der Waals surface area contributed by atoms with Gasteiger partial charge in [-0.3, -0.25) is 14.4 Å². The van der Waals surface area contributed by atoms with Crippen LogP contribution in [0.15, 0.2) is 138 Å². The van der Waals surface area contributed by atoms with Crippen molar-refractivity contribution < 1.29 is 28.2 Å². The van der Waals surface area contributed by atoms with Crippen LogP contribution in [0.5, 0.6) is 11.5 Å². The molecule has 0 fully saturated rings. The van der Waals surface area contributed by atoms with Crippen LogP contribution in [-0.4, -0.2) is 30.9 Å². The molecule has 48 heavy (non-hydrogen) atoms. The third-order valence-electron chi connectivity index (χ3n) is 7.23. The molecule has 6 rings (SSSR count). The Bertz CT molecular complexity index is 1940. The highest BCUT2D eigenvalue weighted by Gasteiger charge is 2.23. The predicted octanol–water partition coefficient (Wildman–Crippen LogP) is 7.48. The molecule has 1 aliphatic heterocycles. The molecule has 1 heterocycles. The molecule has 0 radical (unpaired) electrons. The Kier molecular flexibility index (Phi) is 10.1. The smallest absolute Gasteiger partial charge is 0.272 e. The summed E-state index contributed by atoms with van der Waals surface area (Å²) in [5, 5.41) is 7.90. The largest absolute Gasteiger partial charge is 0.486 e. The lowest BCUT2D eigenvalue weighted by molar-refractivity contribution is -0.116. The van der Waals surface area contributed by atoms with E-state index in [0.29, 0.717) is 47.2 Å². The van der Waals surface area contributed by atoms with Crippen LogP contribution in [-0.2, 0) is 9.59 Å². The van der Waals surface area contributed by atoms with Crippen LogP contribution in [0, 0.1) is 5.82 Å². The van der Waals surface area contributed by atoms with Gasteiger partial charge in [0, 0.05) is 27.9 Å². The quantitative estimate of drug-likeness (QED) is 0.106. The molecule has 3 N–H and O–H groups in total. The molecule has 0 saturated carbocycles. The van der Waals surface area contributed by atoms with Crippen LogP contribution in [0.3, 0.4) is 0 Å². The molecule has 1 atom stereocenters. The van der Waals surface area contributed by atoms with Crippen LogP contribution in [0.2, 0.25) is 0 Å². The van der Waals surface area contributed by atoms with Gasteiger partial charge in [0.15, 0.2) is 11.5 Å². The number of amides is 3. The maximum Gasteiger partial charge on any atom is 0.272 e. The summed E-state index contributed by atoms with van der Waals surface area (Å²) < 4.78 is 24.8. The zero-order chi connectivity index (χ0) is 33.3. The molecule has 0 aliphatic carbocycles. The van der Waals surface area contributed by atoms with Gasteiger partial charge < -0.3 is 25.4 Å². The van der Waals surface area contributed by atoms with E-state index in [0.717, 1.165) is 10.5 Å². The zero-order valence-corrected chi connectivity index (χ0v) is 26.3. The Balaban J connectivity index is 1.17. The average molecular weight is 660 g/mol. The van der Waals surface area contributed by atoms with Gasteiger partial charge in [-0.05, 0) is 77.9 Å². The van der Waals surface area contributed by atoms with Gasteiger partial charge in [0.2, 0.25) is 5.91 Å². The lowest BCUT2D eigenvalue weighted by Crippen LogP contribution is -2.30. The molecule has 5 aromatic rings. The molecule has 240 valence electrons. The first-order valence-corrected chi connectivity index (χ1v) is 16.0. The van der Waals surface area contributed by atoms with E-state index in [9.17, 15) is 18.8 Å². The topological polar surface area (TPSA) is 106 Å². The first kappa shape index (κ1) is 32.1. The summed E-state index contributed by atoms with van der Waals surface area (Å²) in [6, 6.07) is 35.9. The van der Waals surface area contributed by atoms with E-state index in [1.807, 2.05) is 30.3 Å². The molecule has 1 unspecified atom stereocenters. The van der Waals surface area contributed by atoms with Crippen molar-refractivity contribution in [1.82, 2.24) is 5.32 Å². The number of nitrogens with one attached hydrogen (secondary N) is 3. The minimum atomic E-state index is -0.585. The Hall–Kier alpha value is -5.87. The van der Waals surface area contributed by atoms with E-state index in [4.69, 9.17) is 9.47 Å². The number of fused-ring (bicyclic) bond motifs is 1. The van der Waals surface area contributed by atoms with Gasteiger partial charge in [-0.1, -0.05) is 60.7 Å². The van der Waals surface area contributed by atoms with Gasteiger partial charge >= 0.3 is 0 Å². The predicted molar refractivity (Wildman–Crippen MR) is 184 cm³/mol. The van der Waals surface area contributed by atoms with Crippen molar-refractivity contribution in [3.05, 3.63) is 156 Å². The van der Waals surface area contributed by atoms with E-state index in [1.54, 1.807) is 72.8 Å². The van der Waals surface area contributed by atoms with Gasteiger partial charge in [-0.15, -0.1) is 11.8 Å². The van der Waals surface area contributed by atoms with Crippen LogP contribution in [0.25, 0.3) is 6.08 Å². The molecular formula is C38H30FN3O5S. The molecule has 3 amide bonds. The fraction of sp³-hybridized carbons (Fsp3) is 0.0789. The van der Waals surface area contributed by atoms with Crippen molar-refractivity contribution in [3.63, 3.8) is 0 Å². The molecule has 0 spiro atoms. The second-order valence-electron chi connectivity index (χ2n) is 10.7. The fourth-order valence-corrected chi connectivity index (χ4v) is 5.87. The molecular weight excluding hydrogens is 629 g/mol. The lowest BCUT2D eigenvalue weighted by Gasteiger charge is -2.20. The Labute approximate surface area is 281 Å². The normalized spacial score (nSPS) is 12.8. The number of ether oxygens (including phenoxy) is 2. The van der Waals surface area contributed by atoms with Crippen molar-refractivity contribution in [2.24, 2.45) is 0 Å². The fourth-order valence-electron chi connectivity index (χ4n) is 4.85. The summed E-state index contributed by atoms with van der Waals surface area (Å²) in [7, 11) is 0. The number of anilines is 2. The first-order chi connectivity index (χ1) is 23.4. The van der Waals surface area contributed by atoms with Crippen molar-refractivity contribution >= 4 is 46.9 Å². The minimum Gasteiger partial charge on any atom is -0.486 e. The van der Waals surface area contributed by atoms with Crippen LogP contribution in [0.1, 0.15) is 26.7 Å². The summed E-state index contributed by atoms with van der Waals surface area (Å²) in [6.07, 6.45) is 1.48. The number of hydrogen-bond acceptors (Lipinski definition) is 6. The van der Waals surface area contributed by atoms with E-state index < -0.39 is 22.9 Å². The molecule has 5 aromatic carbocycles. The van der Waals surface area contributed by atoms with Crippen LogP contribution >= 0.6 is 11.8 Å². The van der Waals surface area contributed by atoms with Gasteiger partial charge in [-0.2, -0.15) is 0 Å². The molecule has 10 heteroatoms. The van der Waals surface area contributed by atoms with Gasteiger partial charge in [0.05, 0.1) is 0 Å². The average Bonchev–Trinajstić information content (AvgIpc) is 3.12. The number of carbonyl (C=O) groups excluding carboxylic acids is 3. The standard InChI is InChI=1S/C38H30FN3O5S/c39-28-13-11-25(12-14-28)23-32(42-36(43)27-9-5-2-6-10-27)37(44)40-29-15-18-31(19-16-29)48-35(26-7-3-1-4-8-26)38(45)41-30-17-20-33-34(24-30)47-22-21-46-33/h1-20,23-24,35H,21-22H2,(H,40,44)(H,41,45)(H,42,43)/b32-23-. The number of thioether (sulfide) groups is 1. The molecule has 1 aliphatic rings. The monoisotopic (exact) mass is 659 g/mol. The van der Waals surface area contributed by atoms with Crippen molar-refractivity contribution in [2.75, 3.05) is 23.8 Å². The Morgan fingerprint density at radius 1 is 0.708 bits per heavy atom. The van der Waals surface area contributed by atoms with Gasteiger partial charge in [0.25, 0.3) is 11.8 Å². The highest BCUT2D eigenvalue weighted by Crippen LogP contribution is 2.38. The second kappa shape index (κ2) is 15.1. The number of rotatable bonds is 10. The minimum absolute atomic E-state index is 0.0196. The van der Waals surface area contributed by atoms with E-state index in [2.05, 4.69) is 16.0 Å². The van der Waals surface area contributed by atoms with E-state index >= 15 is 0 Å². The summed E-state index contributed by atoms with van der Waals surface area (Å²) in [6.45, 7) is 0.921.